The van der Waals surface area contributed by atoms with Crippen LogP contribution in [0.3, 0.4) is 0 Å². The van der Waals surface area contributed by atoms with E-state index in [1.807, 2.05) is 11.8 Å². The average Bonchev–Trinajstić information content (AvgIpc) is 2.45. The molecule has 0 spiro atoms. The molecule has 0 N–H and O–H groups in total. The number of rotatable bonds is 5. The molecule has 0 unspecified atom stereocenters. The minimum absolute atomic E-state index is 1.15. The lowest BCUT2D eigenvalue weighted by molar-refractivity contribution is -0.671. The summed E-state index contributed by atoms with van der Waals surface area (Å²) in [7, 11) is 2.05. The van der Waals surface area contributed by atoms with E-state index in [9.17, 15) is 0 Å². The number of aryl methyl sites for hydroxylation is 2. The van der Waals surface area contributed by atoms with E-state index in [0.717, 1.165) is 6.54 Å². The van der Waals surface area contributed by atoms with Crippen LogP contribution in [-0.4, -0.2) is 16.1 Å². The van der Waals surface area contributed by atoms with Gasteiger partial charge in [-0.15, -0.1) is 0 Å². The Morgan fingerprint density at radius 1 is 1.50 bits per heavy atom. The van der Waals surface area contributed by atoms with E-state index in [-0.39, 0.29) is 0 Å². The Labute approximate surface area is 78.6 Å². The molecule has 0 saturated heterocycles. The van der Waals surface area contributed by atoms with Crippen LogP contribution in [0.25, 0.3) is 0 Å². The summed E-state index contributed by atoms with van der Waals surface area (Å²) in [6, 6.07) is 0. The van der Waals surface area contributed by atoms with Gasteiger partial charge < -0.3 is 0 Å². The van der Waals surface area contributed by atoms with Gasteiger partial charge in [0.25, 0.3) is 0 Å². The van der Waals surface area contributed by atoms with E-state index < -0.39 is 0 Å². The van der Waals surface area contributed by atoms with Gasteiger partial charge in [0.1, 0.15) is 12.4 Å². The highest BCUT2D eigenvalue weighted by Crippen LogP contribution is 2.01. The molecule has 0 bridgehead atoms. The molecule has 0 aliphatic heterocycles. The van der Waals surface area contributed by atoms with Crippen LogP contribution < -0.4 is 4.57 Å². The molecule has 68 valence electrons. The zero-order valence-corrected chi connectivity index (χ0v) is 8.68. The van der Waals surface area contributed by atoms with Gasteiger partial charge in [-0.05, 0) is 17.9 Å². The minimum Gasteiger partial charge on any atom is -0.240 e. The van der Waals surface area contributed by atoms with Crippen molar-refractivity contribution < 1.29 is 4.57 Å². The monoisotopic (exact) mass is 185 g/mol. The molecule has 3 heteroatoms. The maximum Gasteiger partial charge on any atom is 0.243 e. The summed E-state index contributed by atoms with van der Waals surface area (Å²) in [6.45, 7) is 3.36. The smallest absolute Gasteiger partial charge is 0.240 e. The molecule has 1 aromatic heterocycles. The second kappa shape index (κ2) is 5.25. The number of hydrogen-bond acceptors (Lipinski definition) is 1. The van der Waals surface area contributed by atoms with Crippen molar-refractivity contribution in [2.45, 2.75) is 19.9 Å². The molecule has 1 heterocycles. The van der Waals surface area contributed by atoms with Gasteiger partial charge in [-0.25, -0.2) is 9.13 Å². The van der Waals surface area contributed by atoms with Crippen LogP contribution in [0.5, 0.6) is 0 Å². The predicted octanol–water partition coefficient (Wildman–Crippen LogP) is 1.46. The molecule has 0 saturated carbocycles. The van der Waals surface area contributed by atoms with Crippen molar-refractivity contribution in [1.82, 2.24) is 4.57 Å². The third-order valence-corrected chi connectivity index (χ3v) is 2.72. The zero-order chi connectivity index (χ0) is 8.81. The summed E-state index contributed by atoms with van der Waals surface area (Å²) >= 11 is 2.01. The van der Waals surface area contributed by atoms with Crippen molar-refractivity contribution >= 4 is 11.8 Å². The molecule has 0 aliphatic carbocycles. The molecule has 2 nitrogen and oxygen atoms in total. The van der Waals surface area contributed by atoms with Gasteiger partial charge in [-0.1, -0.05) is 6.92 Å². The van der Waals surface area contributed by atoms with Crippen molar-refractivity contribution in [3.05, 3.63) is 18.7 Å². The largest absolute Gasteiger partial charge is 0.243 e. The van der Waals surface area contributed by atoms with E-state index in [1.54, 1.807) is 0 Å². The van der Waals surface area contributed by atoms with Crippen LogP contribution in [0, 0.1) is 0 Å². The Bertz CT molecular complexity index is 220. The second-order valence-electron chi connectivity index (χ2n) is 2.87. The Hall–Kier alpha value is -0.440. The van der Waals surface area contributed by atoms with Crippen LogP contribution in [-0.2, 0) is 13.6 Å². The molecule has 0 amide bonds. The predicted molar refractivity (Wildman–Crippen MR) is 53.2 cm³/mol. The Kier molecular flexibility index (Phi) is 4.22. The molecule has 1 aromatic rings. The van der Waals surface area contributed by atoms with E-state index in [1.165, 1.54) is 17.9 Å². The van der Waals surface area contributed by atoms with E-state index in [2.05, 4.69) is 41.8 Å². The van der Waals surface area contributed by atoms with Crippen molar-refractivity contribution in [2.75, 3.05) is 11.5 Å². The van der Waals surface area contributed by atoms with Gasteiger partial charge in [-0.3, -0.25) is 0 Å². The van der Waals surface area contributed by atoms with E-state index in [4.69, 9.17) is 0 Å². The van der Waals surface area contributed by atoms with Gasteiger partial charge in [0.05, 0.1) is 13.6 Å². The molecular weight excluding hydrogens is 168 g/mol. The molecule has 0 aliphatic rings. The highest BCUT2D eigenvalue weighted by Gasteiger charge is 1.98. The van der Waals surface area contributed by atoms with Crippen LogP contribution in [0.4, 0.5) is 0 Å². The molecule has 0 atom stereocenters. The summed E-state index contributed by atoms with van der Waals surface area (Å²) in [5, 5.41) is 0. The van der Waals surface area contributed by atoms with Gasteiger partial charge >= 0.3 is 0 Å². The number of aromatic nitrogens is 2. The Morgan fingerprint density at radius 2 is 2.33 bits per heavy atom. The number of nitrogens with zero attached hydrogens (tertiary/aromatic N) is 2. The second-order valence-corrected chi connectivity index (χ2v) is 4.26. The van der Waals surface area contributed by atoms with Crippen molar-refractivity contribution in [2.24, 2.45) is 7.05 Å². The first-order chi connectivity index (χ1) is 5.83. The zero-order valence-electron chi connectivity index (χ0n) is 7.86. The lowest BCUT2D eigenvalue weighted by Crippen LogP contribution is -2.23. The average molecular weight is 185 g/mol. The first-order valence-corrected chi connectivity index (χ1v) is 5.57. The Balaban J connectivity index is 2.15. The van der Waals surface area contributed by atoms with Gasteiger partial charge in [0.15, 0.2) is 0 Å². The summed E-state index contributed by atoms with van der Waals surface area (Å²) < 4.78 is 4.31. The van der Waals surface area contributed by atoms with Crippen molar-refractivity contribution in [1.29, 1.82) is 0 Å². The molecule has 0 radical (unpaired) electrons. The van der Waals surface area contributed by atoms with Crippen LogP contribution in [0.15, 0.2) is 18.7 Å². The van der Waals surface area contributed by atoms with Gasteiger partial charge in [0, 0.05) is 0 Å². The van der Waals surface area contributed by atoms with Gasteiger partial charge in [-0.2, -0.15) is 11.8 Å². The van der Waals surface area contributed by atoms with Crippen LogP contribution in [0.1, 0.15) is 13.3 Å². The summed E-state index contributed by atoms with van der Waals surface area (Å²) in [4.78, 5) is 0. The molecule has 1 rings (SSSR count). The summed E-state index contributed by atoms with van der Waals surface area (Å²) in [6.07, 6.45) is 7.59. The van der Waals surface area contributed by atoms with Gasteiger partial charge in [0.2, 0.25) is 6.33 Å². The molecule has 0 fully saturated rings. The summed E-state index contributed by atoms with van der Waals surface area (Å²) in [5.74, 6) is 2.51. The topological polar surface area (TPSA) is 8.81 Å². The third-order valence-electron chi connectivity index (χ3n) is 1.73. The molecule has 12 heavy (non-hydrogen) atoms. The SMILES string of the molecule is CCSCCCn1cc[n+](C)c1. The molecular formula is C9H17N2S+. The first kappa shape index (κ1) is 9.65. The fourth-order valence-corrected chi connectivity index (χ4v) is 1.75. The third kappa shape index (κ3) is 3.30. The highest BCUT2D eigenvalue weighted by molar-refractivity contribution is 7.99. The lowest BCUT2D eigenvalue weighted by Gasteiger charge is -1.95. The minimum atomic E-state index is 1.15. The quantitative estimate of drug-likeness (QED) is 0.498. The lowest BCUT2D eigenvalue weighted by atomic mass is 10.5. The highest BCUT2D eigenvalue weighted by atomic mass is 32.2. The van der Waals surface area contributed by atoms with Crippen molar-refractivity contribution in [3.8, 4) is 0 Å². The maximum absolute atomic E-state index is 2.23. The number of imidazole rings is 1. The fraction of sp³-hybridized carbons (Fsp3) is 0.667. The van der Waals surface area contributed by atoms with Crippen molar-refractivity contribution in [3.63, 3.8) is 0 Å². The van der Waals surface area contributed by atoms with Crippen LogP contribution >= 0.6 is 11.8 Å². The van der Waals surface area contributed by atoms with E-state index >= 15 is 0 Å². The molecule has 0 aromatic carbocycles. The number of hydrogen-bond donors (Lipinski definition) is 0. The normalized spacial score (nSPS) is 10.5. The Morgan fingerprint density at radius 3 is 2.92 bits per heavy atom. The van der Waals surface area contributed by atoms with Crippen LogP contribution in [0.2, 0.25) is 0 Å². The number of thioether (sulfide) groups is 1. The standard InChI is InChI=1S/C9H17N2S/c1-3-12-8-4-5-11-7-6-10(2)9-11/h6-7,9H,3-5,8H2,1-2H3/q+1. The van der Waals surface area contributed by atoms with E-state index in [0.29, 0.717) is 0 Å². The fourth-order valence-electron chi connectivity index (χ4n) is 1.13. The maximum atomic E-state index is 2.23. The first-order valence-electron chi connectivity index (χ1n) is 4.41. The summed E-state index contributed by atoms with van der Waals surface area (Å²) in [5.41, 5.74) is 0.